The fraction of sp³-hybridized carbons (Fsp3) is 0.455. The van der Waals surface area contributed by atoms with E-state index in [0.29, 0.717) is 19.6 Å². The Bertz CT molecular complexity index is 941. The zero-order valence-electron chi connectivity index (χ0n) is 16.2. The number of rotatable bonds is 3. The minimum absolute atomic E-state index is 0.0383. The second-order valence-corrected chi connectivity index (χ2v) is 8.27. The van der Waals surface area contributed by atoms with Crippen LogP contribution in [-0.4, -0.2) is 46.9 Å². The van der Waals surface area contributed by atoms with E-state index in [1.165, 1.54) is 6.07 Å². The van der Waals surface area contributed by atoms with Gasteiger partial charge in [-0.1, -0.05) is 18.2 Å². The van der Waals surface area contributed by atoms with Crippen LogP contribution >= 0.6 is 0 Å². The van der Waals surface area contributed by atoms with Crippen molar-refractivity contribution >= 4 is 5.91 Å². The van der Waals surface area contributed by atoms with Crippen LogP contribution in [0.15, 0.2) is 41.2 Å². The molecule has 0 bridgehead atoms. The van der Waals surface area contributed by atoms with E-state index >= 15 is 0 Å². The molecule has 148 valence electrons. The first-order valence-corrected chi connectivity index (χ1v) is 9.91. The van der Waals surface area contributed by atoms with Gasteiger partial charge in [0.15, 0.2) is 0 Å². The molecule has 1 N–H and O–H groups in total. The molecule has 1 aromatic carbocycles. The molecule has 1 atom stereocenters. The number of aromatic nitrogens is 1. The molecular formula is C22H26FN3O2. The topological polar surface area (TPSA) is 56.4 Å². The maximum atomic E-state index is 14.0. The molecule has 2 saturated heterocycles. The minimum Gasteiger partial charge on any atom is -0.338 e. The summed E-state index contributed by atoms with van der Waals surface area (Å²) in [5, 5.41) is 0. The molecule has 2 fully saturated rings. The van der Waals surface area contributed by atoms with Crippen molar-refractivity contribution in [3.63, 3.8) is 0 Å². The zero-order valence-corrected chi connectivity index (χ0v) is 16.2. The minimum atomic E-state index is -0.323. The number of hydrogen-bond acceptors (Lipinski definition) is 3. The zero-order chi connectivity index (χ0) is 19.7. The van der Waals surface area contributed by atoms with Crippen molar-refractivity contribution in [1.82, 2.24) is 14.8 Å². The molecule has 28 heavy (non-hydrogen) atoms. The Labute approximate surface area is 164 Å². The summed E-state index contributed by atoms with van der Waals surface area (Å²) in [4.78, 5) is 31.8. The van der Waals surface area contributed by atoms with Crippen LogP contribution in [0.4, 0.5) is 4.39 Å². The molecule has 2 aliphatic heterocycles. The molecular weight excluding hydrogens is 357 g/mol. The van der Waals surface area contributed by atoms with E-state index < -0.39 is 0 Å². The summed E-state index contributed by atoms with van der Waals surface area (Å²) < 4.78 is 14.0. The van der Waals surface area contributed by atoms with Crippen LogP contribution in [0.5, 0.6) is 0 Å². The first-order chi connectivity index (χ1) is 13.5. The number of amides is 1. The Hall–Kier alpha value is -2.47. The number of pyridine rings is 1. The Morgan fingerprint density at radius 3 is 2.75 bits per heavy atom. The van der Waals surface area contributed by atoms with Gasteiger partial charge < -0.3 is 9.88 Å². The fourth-order valence-electron chi connectivity index (χ4n) is 4.67. The highest BCUT2D eigenvalue weighted by molar-refractivity contribution is 5.94. The lowest BCUT2D eigenvalue weighted by molar-refractivity contribution is 0.0672. The Morgan fingerprint density at radius 2 is 1.96 bits per heavy atom. The normalized spacial score (nSPS) is 22.7. The molecule has 1 amide bonds. The second kappa shape index (κ2) is 7.51. The van der Waals surface area contributed by atoms with Gasteiger partial charge in [-0.25, -0.2) is 4.39 Å². The molecule has 1 aromatic heterocycles. The predicted molar refractivity (Wildman–Crippen MR) is 106 cm³/mol. The number of hydrogen-bond donors (Lipinski definition) is 1. The average molecular weight is 383 g/mol. The van der Waals surface area contributed by atoms with Crippen LogP contribution in [-0.2, 0) is 6.54 Å². The van der Waals surface area contributed by atoms with E-state index in [0.717, 1.165) is 43.6 Å². The lowest BCUT2D eigenvalue weighted by Gasteiger charge is -2.40. The molecule has 3 heterocycles. The van der Waals surface area contributed by atoms with Crippen LogP contribution in [0.25, 0.3) is 0 Å². The van der Waals surface area contributed by atoms with Gasteiger partial charge in [0, 0.05) is 42.9 Å². The fourth-order valence-corrected chi connectivity index (χ4v) is 4.67. The smallest absolute Gasteiger partial charge is 0.260 e. The third-order valence-electron chi connectivity index (χ3n) is 6.10. The summed E-state index contributed by atoms with van der Waals surface area (Å²) in [6.45, 7) is 5.52. The van der Waals surface area contributed by atoms with Gasteiger partial charge in [0.2, 0.25) is 0 Å². The number of H-pyrrole nitrogens is 1. The van der Waals surface area contributed by atoms with Crippen LogP contribution in [0, 0.1) is 18.2 Å². The van der Waals surface area contributed by atoms with Gasteiger partial charge in [0.1, 0.15) is 11.4 Å². The third-order valence-corrected chi connectivity index (χ3v) is 6.10. The molecule has 0 aliphatic carbocycles. The molecule has 0 unspecified atom stereocenters. The molecule has 2 aromatic rings. The highest BCUT2D eigenvalue weighted by Crippen LogP contribution is 2.39. The van der Waals surface area contributed by atoms with Gasteiger partial charge in [-0.3, -0.25) is 14.5 Å². The first-order valence-electron chi connectivity index (χ1n) is 9.91. The van der Waals surface area contributed by atoms with Crippen molar-refractivity contribution in [2.75, 3.05) is 26.2 Å². The third kappa shape index (κ3) is 3.74. The van der Waals surface area contributed by atoms with Crippen molar-refractivity contribution < 1.29 is 9.18 Å². The maximum Gasteiger partial charge on any atom is 0.260 e. The van der Waals surface area contributed by atoms with Crippen LogP contribution in [0.2, 0.25) is 0 Å². The van der Waals surface area contributed by atoms with Crippen molar-refractivity contribution in [1.29, 1.82) is 0 Å². The lowest BCUT2D eigenvalue weighted by Crippen LogP contribution is -2.45. The summed E-state index contributed by atoms with van der Waals surface area (Å²) in [7, 11) is 0. The summed E-state index contributed by atoms with van der Waals surface area (Å²) in [6.07, 6.45) is 3.03. The van der Waals surface area contributed by atoms with E-state index in [1.54, 1.807) is 25.1 Å². The monoisotopic (exact) mass is 383 g/mol. The highest BCUT2D eigenvalue weighted by Gasteiger charge is 2.43. The largest absolute Gasteiger partial charge is 0.338 e. The van der Waals surface area contributed by atoms with Crippen LogP contribution in [0.3, 0.4) is 0 Å². The quantitative estimate of drug-likeness (QED) is 0.887. The number of aromatic amines is 1. The molecule has 5 nitrogen and oxygen atoms in total. The van der Waals surface area contributed by atoms with E-state index in [9.17, 15) is 14.0 Å². The van der Waals surface area contributed by atoms with Gasteiger partial charge in [0.25, 0.3) is 11.5 Å². The van der Waals surface area contributed by atoms with Gasteiger partial charge >= 0.3 is 0 Å². The molecule has 1 spiro atoms. The number of aryl methyl sites for hydroxylation is 1. The standard InChI is InChI=1S/C22H26FN3O2/c1-16-7-8-18(20(27)24-16)21(28)26-12-10-22(15-26)9-4-11-25(14-22)13-17-5-2-3-6-19(17)23/h2-3,5-8H,4,9-15H2,1H3,(H,24,27)/t22-/m1/s1. The predicted octanol–water partition coefficient (Wildman–Crippen LogP) is 2.95. The molecule has 0 radical (unpaired) electrons. The van der Waals surface area contributed by atoms with Crippen LogP contribution in [0.1, 0.15) is 40.9 Å². The van der Waals surface area contributed by atoms with Gasteiger partial charge in [0.05, 0.1) is 0 Å². The second-order valence-electron chi connectivity index (χ2n) is 8.27. The number of carbonyl (C=O) groups excluding carboxylic acids is 1. The maximum absolute atomic E-state index is 14.0. The Kier molecular flexibility index (Phi) is 5.06. The number of likely N-dealkylation sites (tertiary alicyclic amines) is 2. The van der Waals surface area contributed by atoms with Crippen molar-refractivity contribution in [2.24, 2.45) is 5.41 Å². The Balaban J connectivity index is 1.45. The number of nitrogens with zero attached hydrogens (tertiary/aromatic N) is 2. The number of halogens is 1. The summed E-state index contributed by atoms with van der Waals surface area (Å²) in [6, 6.07) is 10.3. The summed E-state index contributed by atoms with van der Waals surface area (Å²) >= 11 is 0. The highest BCUT2D eigenvalue weighted by atomic mass is 19.1. The van der Waals surface area contributed by atoms with Gasteiger partial charge in [-0.05, 0) is 50.9 Å². The number of nitrogens with one attached hydrogen (secondary N) is 1. The van der Waals surface area contributed by atoms with Crippen molar-refractivity contribution in [3.05, 3.63) is 69.4 Å². The van der Waals surface area contributed by atoms with Crippen molar-refractivity contribution in [2.45, 2.75) is 32.7 Å². The molecule has 6 heteroatoms. The summed E-state index contributed by atoms with van der Waals surface area (Å²) in [5.41, 5.74) is 1.39. The molecule has 0 saturated carbocycles. The van der Waals surface area contributed by atoms with E-state index in [2.05, 4.69) is 9.88 Å². The van der Waals surface area contributed by atoms with E-state index in [1.807, 2.05) is 17.0 Å². The number of carbonyl (C=O) groups is 1. The van der Waals surface area contributed by atoms with E-state index in [-0.39, 0.29) is 28.3 Å². The van der Waals surface area contributed by atoms with Crippen molar-refractivity contribution in [3.8, 4) is 0 Å². The van der Waals surface area contributed by atoms with Gasteiger partial charge in [-0.15, -0.1) is 0 Å². The molecule has 4 rings (SSSR count). The Morgan fingerprint density at radius 1 is 1.14 bits per heavy atom. The number of piperidine rings is 1. The average Bonchev–Trinajstić information content (AvgIpc) is 3.06. The first kappa shape index (κ1) is 18.9. The van der Waals surface area contributed by atoms with E-state index in [4.69, 9.17) is 0 Å². The molecule has 2 aliphatic rings. The van der Waals surface area contributed by atoms with Gasteiger partial charge in [-0.2, -0.15) is 0 Å². The lowest BCUT2D eigenvalue weighted by atomic mass is 9.79. The number of benzene rings is 1. The van der Waals surface area contributed by atoms with Crippen LogP contribution < -0.4 is 5.56 Å². The summed E-state index contributed by atoms with van der Waals surface area (Å²) in [5.74, 6) is -0.353. The SMILES string of the molecule is Cc1ccc(C(=O)N2CC[C@@]3(CCCN(Cc4ccccc4F)C3)C2)c(=O)[nH]1.